The highest BCUT2D eigenvalue weighted by Gasteiger charge is 2.22. The van der Waals surface area contributed by atoms with Crippen molar-refractivity contribution in [2.75, 3.05) is 18.4 Å². The fourth-order valence-corrected chi connectivity index (χ4v) is 5.42. The van der Waals surface area contributed by atoms with Crippen LogP contribution in [0.5, 0.6) is 5.75 Å². The smallest absolute Gasteiger partial charge is 0.278 e. The summed E-state index contributed by atoms with van der Waals surface area (Å²) >= 11 is 0. The molecule has 4 aromatic carbocycles. The van der Waals surface area contributed by atoms with Gasteiger partial charge in [-0.2, -0.15) is 4.99 Å². The van der Waals surface area contributed by atoms with Crippen LogP contribution in [0.2, 0.25) is 0 Å². The molecule has 0 aliphatic carbocycles. The minimum Gasteiger partial charge on any atom is -0.489 e. The van der Waals surface area contributed by atoms with Crippen molar-refractivity contribution in [1.82, 2.24) is 14.9 Å². The standard InChI is InChI=1S/C36H34N6O3/c1-24-18-30-31(20-29(24)36(44)42-16-8-9-17-42)39-23-40-34(30)38-21-28-19-27(33(37)41-35(43)26-12-6-3-7-13-26)14-15-32(28)45-22-25-10-4-2-5-11-25/h2-7,10-15,18-20,23H,8-9,16-17,21-22H2,1H3,(H2,37,41,43)(H,38,39,40). The van der Waals surface area contributed by atoms with E-state index in [4.69, 9.17) is 10.5 Å². The Labute approximate surface area is 261 Å². The highest BCUT2D eigenvalue weighted by Crippen LogP contribution is 2.28. The maximum absolute atomic E-state index is 13.2. The summed E-state index contributed by atoms with van der Waals surface area (Å²) in [5, 5.41) is 4.24. The third kappa shape index (κ3) is 6.83. The van der Waals surface area contributed by atoms with Crippen LogP contribution in [-0.2, 0) is 13.2 Å². The Morgan fingerprint density at radius 1 is 0.911 bits per heavy atom. The van der Waals surface area contributed by atoms with E-state index in [1.165, 1.54) is 6.33 Å². The number of aromatic nitrogens is 2. The molecule has 0 spiro atoms. The fourth-order valence-electron chi connectivity index (χ4n) is 5.42. The van der Waals surface area contributed by atoms with Crippen molar-refractivity contribution < 1.29 is 14.3 Å². The summed E-state index contributed by atoms with van der Waals surface area (Å²) in [7, 11) is 0. The SMILES string of the molecule is Cc1cc2c(NCc3cc(C(N)=NC(=O)c4ccccc4)ccc3OCc3ccccc3)ncnc2cc1C(=O)N1CCCC1. The number of ether oxygens (including phenoxy) is 1. The average Bonchev–Trinajstić information content (AvgIpc) is 3.62. The van der Waals surface area contributed by atoms with Gasteiger partial charge in [-0.3, -0.25) is 9.59 Å². The van der Waals surface area contributed by atoms with Crippen molar-refractivity contribution in [2.24, 2.45) is 10.7 Å². The quantitative estimate of drug-likeness (QED) is 0.160. The molecule has 226 valence electrons. The van der Waals surface area contributed by atoms with Gasteiger partial charge in [0.25, 0.3) is 11.8 Å². The van der Waals surface area contributed by atoms with E-state index in [0.29, 0.717) is 46.9 Å². The summed E-state index contributed by atoms with van der Waals surface area (Å²) in [6.45, 7) is 4.24. The molecule has 2 amide bonds. The number of aryl methyl sites for hydroxylation is 1. The number of likely N-dealkylation sites (tertiary alicyclic amines) is 1. The third-order valence-electron chi connectivity index (χ3n) is 7.89. The number of anilines is 1. The van der Waals surface area contributed by atoms with E-state index in [1.807, 2.05) is 72.5 Å². The minimum atomic E-state index is -0.414. The maximum Gasteiger partial charge on any atom is 0.278 e. The second-order valence-corrected chi connectivity index (χ2v) is 11.0. The van der Waals surface area contributed by atoms with E-state index >= 15 is 0 Å². The Morgan fingerprint density at radius 2 is 1.64 bits per heavy atom. The Balaban J connectivity index is 1.28. The zero-order valence-electron chi connectivity index (χ0n) is 25.1. The van der Waals surface area contributed by atoms with Crippen LogP contribution in [0.25, 0.3) is 10.9 Å². The molecule has 0 radical (unpaired) electrons. The number of hydrogen-bond donors (Lipinski definition) is 2. The van der Waals surface area contributed by atoms with Crippen molar-refractivity contribution in [1.29, 1.82) is 0 Å². The van der Waals surface area contributed by atoms with Gasteiger partial charge in [-0.25, -0.2) is 9.97 Å². The van der Waals surface area contributed by atoms with Crippen LogP contribution in [-0.4, -0.2) is 45.6 Å². The lowest BCUT2D eigenvalue weighted by Crippen LogP contribution is -2.28. The first-order valence-corrected chi connectivity index (χ1v) is 15.0. The van der Waals surface area contributed by atoms with Crippen molar-refractivity contribution >= 4 is 34.4 Å². The number of nitrogens with two attached hydrogens (primary N) is 1. The van der Waals surface area contributed by atoms with Crippen molar-refractivity contribution in [3.63, 3.8) is 0 Å². The molecule has 5 aromatic rings. The van der Waals surface area contributed by atoms with Crippen molar-refractivity contribution in [2.45, 2.75) is 32.9 Å². The highest BCUT2D eigenvalue weighted by molar-refractivity contribution is 6.09. The summed E-state index contributed by atoms with van der Waals surface area (Å²) in [6, 6.07) is 28.0. The zero-order valence-corrected chi connectivity index (χ0v) is 25.1. The molecule has 6 rings (SSSR count). The largest absolute Gasteiger partial charge is 0.489 e. The van der Waals surface area contributed by atoms with Crippen LogP contribution in [0, 0.1) is 6.92 Å². The molecule has 1 fully saturated rings. The highest BCUT2D eigenvalue weighted by atomic mass is 16.5. The summed E-state index contributed by atoms with van der Waals surface area (Å²) in [6.07, 6.45) is 3.56. The molecular weight excluding hydrogens is 564 g/mol. The number of hydrogen-bond acceptors (Lipinski definition) is 6. The van der Waals surface area contributed by atoms with E-state index in [-0.39, 0.29) is 11.7 Å². The fraction of sp³-hybridized carbons (Fsp3) is 0.194. The lowest BCUT2D eigenvalue weighted by molar-refractivity contribution is 0.0792. The number of carbonyl (C=O) groups is 2. The first kappa shape index (κ1) is 29.5. The number of aliphatic imine (C=N–C) groups is 1. The van der Waals surface area contributed by atoms with Gasteiger partial charge in [0.2, 0.25) is 0 Å². The summed E-state index contributed by atoms with van der Waals surface area (Å²) < 4.78 is 6.23. The summed E-state index contributed by atoms with van der Waals surface area (Å²) in [5.74, 6) is 1.02. The van der Waals surface area contributed by atoms with E-state index in [1.54, 1.807) is 30.3 Å². The van der Waals surface area contributed by atoms with Gasteiger partial charge >= 0.3 is 0 Å². The van der Waals surface area contributed by atoms with E-state index in [2.05, 4.69) is 20.3 Å². The van der Waals surface area contributed by atoms with Crippen molar-refractivity contribution in [3.8, 4) is 5.75 Å². The number of fused-ring (bicyclic) bond motifs is 1. The van der Waals surface area contributed by atoms with E-state index < -0.39 is 5.91 Å². The predicted octanol–water partition coefficient (Wildman–Crippen LogP) is 5.91. The molecule has 2 heterocycles. The second kappa shape index (κ2) is 13.4. The van der Waals surface area contributed by atoms with Gasteiger partial charge in [0.05, 0.1) is 5.52 Å². The number of carbonyl (C=O) groups excluding carboxylic acids is 2. The molecule has 1 aliphatic rings. The Kier molecular flexibility index (Phi) is 8.77. The van der Waals surface area contributed by atoms with Gasteiger partial charge in [0, 0.05) is 47.3 Å². The molecule has 0 atom stereocenters. The minimum absolute atomic E-state index is 0.0436. The monoisotopic (exact) mass is 598 g/mol. The molecule has 1 aliphatic heterocycles. The number of nitrogens with zero attached hydrogens (tertiary/aromatic N) is 4. The maximum atomic E-state index is 13.2. The number of amidine groups is 1. The second-order valence-electron chi connectivity index (χ2n) is 11.0. The molecular formula is C36H34N6O3. The van der Waals surface area contributed by atoms with Gasteiger partial charge in [0.1, 0.15) is 30.3 Å². The topological polar surface area (TPSA) is 123 Å². The molecule has 9 nitrogen and oxygen atoms in total. The molecule has 0 unspecified atom stereocenters. The Hall–Kier alpha value is -5.57. The van der Waals surface area contributed by atoms with Crippen LogP contribution in [0.4, 0.5) is 5.82 Å². The lowest BCUT2D eigenvalue weighted by atomic mass is 10.0. The summed E-state index contributed by atoms with van der Waals surface area (Å²) in [4.78, 5) is 40.9. The number of rotatable bonds is 9. The van der Waals surface area contributed by atoms with Gasteiger partial charge < -0.3 is 20.7 Å². The summed E-state index contributed by atoms with van der Waals surface area (Å²) in [5.41, 5.74) is 11.4. The Morgan fingerprint density at radius 3 is 2.40 bits per heavy atom. The van der Waals surface area contributed by atoms with Crippen molar-refractivity contribution in [3.05, 3.63) is 131 Å². The van der Waals surface area contributed by atoms with E-state index in [9.17, 15) is 9.59 Å². The number of amides is 2. The van der Waals surface area contributed by atoms with Gasteiger partial charge in [-0.05, 0) is 73.4 Å². The lowest BCUT2D eigenvalue weighted by Gasteiger charge is -2.18. The van der Waals surface area contributed by atoms with Crippen LogP contribution >= 0.6 is 0 Å². The molecule has 1 aromatic heterocycles. The Bertz CT molecular complexity index is 1870. The predicted molar refractivity (Wildman–Crippen MR) is 175 cm³/mol. The zero-order chi connectivity index (χ0) is 31.2. The van der Waals surface area contributed by atoms with Crippen LogP contribution in [0.15, 0.2) is 102 Å². The molecule has 1 saturated heterocycles. The number of benzene rings is 4. The van der Waals surface area contributed by atoms with Gasteiger partial charge in [0.15, 0.2) is 0 Å². The molecule has 3 N–H and O–H groups in total. The van der Waals surface area contributed by atoms with Gasteiger partial charge in [-0.1, -0.05) is 48.5 Å². The van der Waals surface area contributed by atoms with Crippen LogP contribution in [0.1, 0.15) is 55.8 Å². The van der Waals surface area contributed by atoms with E-state index in [0.717, 1.165) is 48.0 Å². The molecule has 0 bridgehead atoms. The molecule has 45 heavy (non-hydrogen) atoms. The normalized spacial score (nSPS) is 13.2. The van der Waals surface area contributed by atoms with Gasteiger partial charge in [-0.15, -0.1) is 0 Å². The van der Waals surface area contributed by atoms with Crippen LogP contribution < -0.4 is 15.8 Å². The number of nitrogens with one attached hydrogen (secondary N) is 1. The molecule has 9 heteroatoms. The molecule has 0 saturated carbocycles. The third-order valence-corrected chi connectivity index (χ3v) is 7.89. The first-order chi connectivity index (χ1) is 22.0. The van der Waals surface area contributed by atoms with Crippen LogP contribution in [0.3, 0.4) is 0 Å². The first-order valence-electron chi connectivity index (χ1n) is 15.0. The average molecular weight is 599 g/mol.